The highest BCUT2D eigenvalue weighted by Crippen LogP contribution is 2.31. The molecule has 3 aromatic rings. The van der Waals surface area contributed by atoms with E-state index in [9.17, 15) is 4.79 Å². The summed E-state index contributed by atoms with van der Waals surface area (Å²) in [5, 5.41) is 4.27. The quantitative estimate of drug-likeness (QED) is 0.707. The number of piperidine rings is 1. The van der Waals surface area contributed by atoms with Crippen molar-refractivity contribution in [3.05, 3.63) is 53.9 Å². The molecule has 1 saturated heterocycles. The zero-order valence-corrected chi connectivity index (χ0v) is 17.1. The third-order valence-corrected chi connectivity index (χ3v) is 5.40. The number of carbonyl (C=O) groups is 1. The molecule has 1 aromatic carbocycles. The van der Waals surface area contributed by atoms with Crippen LogP contribution in [0.5, 0.6) is 5.75 Å². The number of nitrogens with one attached hydrogen (secondary N) is 1. The van der Waals surface area contributed by atoms with Crippen LogP contribution in [0.4, 0.5) is 11.4 Å². The molecular formula is C23H26N4O2. The molecule has 0 spiro atoms. The van der Waals surface area contributed by atoms with E-state index < -0.39 is 0 Å². The normalized spacial score (nSPS) is 16.7. The number of anilines is 2. The maximum absolute atomic E-state index is 13.4. The van der Waals surface area contributed by atoms with E-state index in [0.717, 1.165) is 47.7 Å². The van der Waals surface area contributed by atoms with Crippen LogP contribution in [0.15, 0.2) is 42.6 Å². The van der Waals surface area contributed by atoms with Crippen LogP contribution in [0.25, 0.3) is 11.0 Å². The van der Waals surface area contributed by atoms with Crippen LogP contribution >= 0.6 is 0 Å². The number of fused-ring (bicyclic) bond motifs is 1. The van der Waals surface area contributed by atoms with Gasteiger partial charge in [-0.3, -0.25) is 4.79 Å². The summed E-state index contributed by atoms with van der Waals surface area (Å²) in [7, 11) is 1.64. The molecule has 1 atom stereocenters. The Morgan fingerprint density at radius 1 is 1.21 bits per heavy atom. The van der Waals surface area contributed by atoms with Gasteiger partial charge in [-0.2, -0.15) is 0 Å². The molecule has 4 rings (SSSR count). The second-order valence-electron chi connectivity index (χ2n) is 7.72. The fraction of sp³-hybridized carbons (Fsp3) is 0.348. The number of methoxy groups -OCH3 is 1. The lowest BCUT2D eigenvalue weighted by atomic mass is 9.99. The number of hydrogen-bond acceptors (Lipinski definition) is 5. The third-order valence-electron chi connectivity index (χ3n) is 5.40. The number of aromatic nitrogens is 2. The summed E-state index contributed by atoms with van der Waals surface area (Å²) in [5.41, 5.74) is 3.72. The van der Waals surface area contributed by atoms with Crippen LogP contribution in [0.2, 0.25) is 0 Å². The lowest BCUT2D eigenvalue weighted by Gasteiger charge is -2.31. The predicted molar refractivity (Wildman–Crippen MR) is 115 cm³/mol. The van der Waals surface area contributed by atoms with Gasteiger partial charge in [0.25, 0.3) is 5.91 Å². The summed E-state index contributed by atoms with van der Waals surface area (Å²) in [6.07, 6.45) is 3.86. The van der Waals surface area contributed by atoms with Crippen molar-refractivity contribution in [3.8, 4) is 5.75 Å². The Morgan fingerprint density at radius 2 is 2.00 bits per heavy atom. The van der Waals surface area contributed by atoms with E-state index in [0.29, 0.717) is 17.1 Å². The molecule has 6 nitrogen and oxygen atoms in total. The first-order valence-electron chi connectivity index (χ1n) is 10.0. The smallest absolute Gasteiger partial charge is 0.257 e. The van der Waals surface area contributed by atoms with Crippen LogP contribution in [0.3, 0.4) is 0 Å². The molecule has 2 aromatic heterocycles. The fourth-order valence-corrected chi connectivity index (χ4v) is 3.83. The molecule has 1 aliphatic rings. The SMILES string of the molecule is COc1ccc(Nc2c(C(=O)N3CCC[C@H](C)C3)cnc3nc(C)ccc23)cc1. The summed E-state index contributed by atoms with van der Waals surface area (Å²) >= 11 is 0. The standard InChI is InChI=1S/C23H26N4O2/c1-15-5-4-12-27(14-15)23(28)20-13-24-22-19(11-6-16(2)25-22)21(20)26-17-7-9-18(29-3)10-8-17/h6-11,13,15H,4-5,12,14H2,1-3H3,(H,24,25,26)/t15-/m0/s1. The Kier molecular flexibility index (Phi) is 5.34. The fourth-order valence-electron chi connectivity index (χ4n) is 3.83. The Morgan fingerprint density at radius 3 is 2.72 bits per heavy atom. The lowest BCUT2D eigenvalue weighted by molar-refractivity contribution is 0.0684. The van der Waals surface area contributed by atoms with Gasteiger partial charge in [0.05, 0.1) is 18.4 Å². The van der Waals surface area contributed by atoms with Gasteiger partial charge in [-0.1, -0.05) is 6.92 Å². The molecule has 1 fully saturated rings. The molecular weight excluding hydrogens is 364 g/mol. The molecule has 29 heavy (non-hydrogen) atoms. The molecule has 6 heteroatoms. The van der Waals surface area contributed by atoms with Gasteiger partial charge in [-0.05, 0) is 62.1 Å². The number of amides is 1. The summed E-state index contributed by atoms with van der Waals surface area (Å²) < 4.78 is 5.25. The molecule has 1 aliphatic heterocycles. The van der Waals surface area contributed by atoms with Crippen LogP contribution in [0.1, 0.15) is 35.8 Å². The molecule has 0 radical (unpaired) electrons. The molecule has 0 unspecified atom stereocenters. The number of benzene rings is 1. The van der Waals surface area contributed by atoms with Crippen molar-refractivity contribution >= 4 is 28.3 Å². The molecule has 150 valence electrons. The number of carbonyl (C=O) groups excluding carboxylic acids is 1. The highest BCUT2D eigenvalue weighted by Gasteiger charge is 2.25. The number of nitrogens with zero attached hydrogens (tertiary/aromatic N) is 3. The van der Waals surface area contributed by atoms with E-state index in [-0.39, 0.29) is 5.91 Å². The van der Waals surface area contributed by atoms with Gasteiger partial charge in [0.1, 0.15) is 5.75 Å². The highest BCUT2D eigenvalue weighted by atomic mass is 16.5. The number of aryl methyl sites for hydroxylation is 1. The topological polar surface area (TPSA) is 67.3 Å². The van der Waals surface area contributed by atoms with E-state index in [2.05, 4.69) is 22.2 Å². The van der Waals surface area contributed by atoms with Crippen molar-refractivity contribution in [3.63, 3.8) is 0 Å². The molecule has 0 bridgehead atoms. The maximum atomic E-state index is 13.4. The first kappa shape index (κ1) is 19.2. The van der Waals surface area contributed by atoms with Gasteiger partial charge in [0.2, 0.25) is 0 Å². The first-order valence-corrected chi connectivity index (χ1v) is 10.0. The first-order chi connectivity index (χ1) is 14.0. The summed E-state index contributed by atoms with van der Waals surface area (Å²) in [4.78, 5) is 24.3. The average molecular weight is 390 g/mol. The van der Waals surface area contributed by atoms with E-state index in [1.54, 1.807) is 13.3 Å². The van der Waals surface area contributed by atoms with Crippen molar-refractivity contribution in [1.29, 1.82) is 0 Å². The number of ether oxygens (including phenoxy) is 1. The second-order valence-corrected chi connectivity index (χ2v) is 7.72. The zero-order valence-electron chi connectivity index (χ0n) is 17.1. The Balaban J connectivity index is 1.77. The average Bonchev–Trinajstić information content (AvgIpc) is 2.74. The van der Waals surface area contributed by atoms with Crippen LogP contribution < -0.4 is 10.1 Å². The van der Waals surface area contributed by atoms with Crippen molar-refractivity contribution in [2.45, 2.75) is 26.7 Å². The van der Waals surface area contributed by atoms with Gasteiger partial charge in [0.15, 0.2) is 5.65 Å². The van der Waals surface area contributed by atoms with Gasteiger partial charge < -0.3 is 15.0 Å². The lowest BCUT2D eigenvalue weighted by Crippen LogP contribution is -2.39. The van der Waals surface area contributed by atoms with E-state index in [1.807, 2.05) is 48.2 Å². The Hall–Kier alpha value is -3.15. The minimum absolute atomic E-state index is 0.0162. The molecule has 3 heterocycles. The van der Waals surface area contributed by atoms with Gasteiger partial charge in [0, 0.05) is 36.1 Å². The van der Waals surface area contributed by atoms with Crippen molar-refractivity contribution < 1.29 is 9.53 Å². The minimum Gasteiger partial charge on any atom is -0.497 e. The molecule has 1 amide bonds. The number of pyridine rings is 2. The highest BCUT2D eigenvalue weighted by molar-refractivity contribution is 6.07. The van der Waals surface area contributed by atoms with E-state index in [1.165, 1.54) is 6.42 Å². The monoisotopic (exact) mass is 390 g/mol. The summed E-state index contributed by atoms with van der Waals surface area (Å²) in [6.45, 7) is 5.70. The third kappa shape index (κ3) is 4.01. The minimum atomic E-state index is 0.0162. The number of rotatable bonds is 4. The Bertz CT molecular complexity index is 1030. The summed E-state index contributed by atoms with van der Waals surface area (Å²) in [5.74, 6) is 1.32. The van der Waals surface area contributed by atoms with Gasteiger partial charge >= 0.3 is 0 Å². The second kappa shape index (κ2) is 8.07. The van der Waals surface area contributed by atoms with Gasteiger partial charge in [-0.15, -0.1) is 0 Å². The van der Waals surface area contributed by atoms with E-state index in [4.69, 9.17) is 4.74 Å². The number of likely N-dealkylation sites (tertiary alicyclic amines) is 1. The van der Waals surface area contributed by atoms with E-state index >= 15 is 0 Å². The predicted octanol–water partition coefficient (Wildman–Crippen LogP) is 4.56. The van der Waals surface area contributed by atoms with Gasteiger partial charge in [-0.25, -0.2) is 9.97 Å². The largest absolute Gasteiger partial charge is 0.497 e. The molecule has 0 aliphatic carbocycles. The van der Waals surface area contributed by atoms with Crippen LogP contribution in [-0.4, -0.2) is 41.0 Å². The Labute approximate surface area is 170 Å². The zero-order chi connectivity index (χ0) is 20.4. The van der Waals surface area contributed by atoms with Crippen LogP contribution in [-0.2, 0) is 0 Å². The number of hydrogen-bond donors (Lipinski definition) is 1. The van der Waals surface area contributed by atoms with Crippen molar-refractivity contribution in [1.82, 2.24) is 14.9 Å². The summed E-state index contributed by atoms with van der Waals surface area (Å²) in [6, 6.07) is 11.6. The maximum Gasteiger partial charge on any atom is 0.257 e. The molecule has 1 N–H and O–H groups in total. The van der Waals surface area contributed by atoms with Crippen molar-refractivity contribution in [2.24, 2.45) is 5.92 Å². The van der Waals surface area contributed by atoms with Crippen LogP contribution in [0, 0.1) is 12.8 Å². The van der Waals surface area contributed by atoms with Crippen molar-refractivity contribution in [2.75, 3.05) is 25.5 Å². The molecule has 0 saturated carbocycles.